The Bertz CT molecular complexity index is 724. The Morgan fingerprint density at radius 1 is 1.36 bits per heavy atom. The number of hydrogen-bond donors (Lipinski definition) is 2. The lowest BCUT2D eigenvalue weighted by Gasteiger charge is -2.22. The largest absolute Gasteiger partial charge is 0.364 e. The topological polar surface area (TPSA) is 92.1 Å². The summed E-state index contributed by atoms with van der Waals surface area (Å²) in [5, 5.41) is 6.22. The van der Waals surface area contributed by atoms with Gasteiger partial charge in [0.05, 0.1) is 0 Å². The fraction of sp³-hybridized carbons (Fsp3) is 0.267. The van der Waals surface area contributed by atoms with Crippen LogP contribution in [0.15, 0.2) is 30.3 Å². The molecule has 3 N–H and O–H groups in total. The Kier molecular flexibility index (Phi) is 3.62. The molecule has 1 aromatic heterocycles. The first-order chi connectivity index (χ1) is 10.6. The lowest BCUT2D eigenvalue weighted by atomic mass is 10.2. The number of carbonyl (C=O) groups is 2. The van der Waals surface area contributed by atoms with E-state index in [4.69, 9.17) is 5.73 Å². The molecule has 0 bridgehead atoms. The Morgan fingerprint density at radius 2 is 2.09 bits per heavy atom. The number of rotatable bonds is 5. The van der Waals surface area contributed by atoms with Crippen molar-refractivity contribution in [2.24, 2.45) is 5.73 Å². The molecule has 3 rings (SSSR count). The highest BCUT2D eigenvalue weighted by atomic mass is 19.1. The van der Waals surface area contributed by atoms with E-state index in [1.165, 1.54) is 12.1 Å². The molecule has 1 heterocycles. The highest BCUT2D eigenvalue weighted by molar-refractivity contribution is 5.97. The molecular formula is C15H15FN4O2. The first-order valence-corrected chi connectivity index (χ1v) is 6.96. The van der Waals surface area contributed by atoms with Crippen molar-refractivity contribution in [1.82, 2.24) is 15.1 Å². The van der Waals surface area contributed by atoms with E-state index >= 15 is 0 Å². The van der Waals surface area contributed by atoms with Crippen LogP contribution in [0.5, 0.6) is 0 Å². The van der Waals surface area contributed by atoms with Gasteiger partial charge in [-0.2, -0.15) is 5.10 Å². The van der Waals surface area contributed by atoms with Gasteiger partial charge in [0, 0.05) is 24.2 Å². The van der Waals surface area contributed by atoms with Crippen molar-refractivity contribution in [3.05, 3.63) is 53.1 Å². The first-order valence-electron chi connectivity index (χ1n) is 6.96. The van der Waals surface area contributed by atoms with E-state index in [0.717, 1.165) is 12.8 Å². The number of hydrogen-bond acceptors (Lipinski definition) is 3. The molecule has 22 heavy (non-hydrogen) atoms. The summed E-state index contributed by atoms with van der Waals surface area (Å²) in [7, 11) is 0. The SMILES string of the molecule is NC(=O)c1cc(C(=O)N(Cc2ccccc2F)C2CC2)[nH]n1. The van der Waals surface area contributed by atoms with E-state index in [0.29, 0.717) is 5.56 Å². The zero-order valence-electron chi connectivity index (χ0n) is 11.8. The van der Waals surface area contributed by atoms with Gasteiger partial charge in [0.2, 0.25) is 0 Å². The third-order valence-electron chi connectivity index (χ3n) is 3.61. The smallest absolute Gasteiger partial charge is 0.272 e. The van der Waals surface area contributed by atoms with Crippen LogP contribution in [0.25, 0.3) is 0 Å². The summed E-state index contributed by atoms with van der Waals surface area (Å²) in [4.78, 5) is 25.2. The Hall–Kier alpha value is -2.70. The summed E-state index contributed by atoms with van der Waals surface area (Å²) in [6.07, 6.45) is 1.77. The molecule has 6 nitrogen and oxygen atoms in total. The summed E-state index contributed by atoms with van der Waals surface area (Å²) in [5.41, 5.74) is 5.76. The molecule has 1 fully saturated rings. The van der Waals surface area contributed by atoms with Gasteiger partial charge in [0.1, 0.15) is 11.5 Å². The maximum absolute atomic E-state index is 13.8. The van der Waals surface area contributed by atoms with Gasteiger partial charge in [-0.1, -0.05) is 18.2 Å². The lowest BCUT2D eigenvalue weighted by Crippen LogP contribution is -2.33. The molecule has 0 aliphatic heterocycles. The normalized spacial score (nSPS) is 13.9. The maximum Gasteiger partial charge on any atom is 0.272 e. The van der Waals surface area contributed by atoms with Gasteiger partial charge >= 0.3 is 0 Å². The quantitative estimate of drug-likeness (QED) is 0.875. The van der Waals surface area contributed by atoms with Gasteiger partial charge in [-0.05, 0) is 18.9 Å². The van der Waals surface area contributed by atoms with Crippen LogP contribution < -0.4 is 5.73 Å². The van der Waals surface area contributed by atoms with Crippen LogP contribution in [-0.4, -0.2) is 33.0 Å². The number of primary amides is 1. The Balaban J connectivity index is 1.83. The van der Waals surface area contributed by atoms with Crippen LogP contribution in [-0.2, 0) is 6.54 Å². The average molecular weight is 302 g/mol. The number of H-pyrrole nitrogens is 1. The number of carbonyl (C=O) groups excluding carboxylic acids is 2. The monoisotopic (exact) mass is 302 g/mol. The molecule has 0 radical (unpaired) electrons. The van der Waals surface area contributed by atoms with Crippen molar-refractivity contribution in [3.8, 4) is 0 Å². The van der Waals surface area contributed by atoms with E-state index in [1.807, 2.05) is 0 Å². The van der Waals surface area contributed by atoms with Crippen molar-refractivity contribution in [2.45, 2.75) is 25.4 Å². The fourth-order valence-corrected chi connectivity index (χ4v) is 2.28. The number of aromatic amines is 1. The van der Waals surface area contributed by atoms with Gasteiger partial charge in [0.25, 0.3) is 11.8 Å². The number of amides is 2. The van der Waals surface area contributed by atoms with E-state index < -0.39 is 5.91 Å². The fourth-order valence-electron chi connectivity index (χ4n) is 2.28. The standard InChI is InChI=1S/C15H15FN4O2/c16-11-4-2-1-3-9(11)8-20(10-5-6-10)15(22)13-7-12(14(17)21)18-19-13/h1-4,7,10H,5-6,8H2,(H2,17,21)(H,18,19). The van der Waals surface area contributed by atoms with Crippen LogP contribution in [0, 0.1) is 5.82 Å². The van der Waals surface area contributed by atoms with Crippen molar-refractivity contribution in [1.29, 1.82) is 0 Å². The second kappa shape index (κ2) is 5.59. The van der Waals surface area contributed by atoms with Crippen molar-refractivity contribution < 1.29 is 14.0 Å². The molecular weight excluding hydrogens is 287 g/mol. The van der Waals surface area contributed by atoms with E-state index in [2.05, 4.69) is 10.2 Å². The van der Waals surface area contributed by atoms with Crippen molar-refractivity contribution >= 4 is 11.8 Å². The second-order valence-corrected chi connectivity index (χ2v) is 5.29. The van der Waals surface area contributed by atoms with E-state index in [-0.39, 0.29) is 35.7 Å². The minimum Gasteiger partial charge on any atom is -0.364 e. The van der Waals surface area contributed by atoms with Crippen LogP contribution in [0.2, 0.25) is 0 Å². The minimum atomic E-state index is -0.706. The number of benzene rings is 1. The molecule has 1 saturated carbocycles. The molecule has 0 atom stereocenters. The molecule has 2 amide bonds. The Labute approximate surface area is 126 Å². The van der Waals surface area contributed by atoms with Crippen molar-refractivity contribution in [2.75, 3.05) is 0 Å². The third-order valence-corrected chi connectivity index (χ3v) is 3.61. The molecule has 2 aromatic rings. The van der Waals surface area contributed by atoms with Crippen LogP contribution in [0.3, 0.4) is 0 Å². The highest BCUT2D eigenvalue weighted by Gasteiger charge is 2.34. The van der Waals surface area contributed by atoms with Crippen LogP contribution >= 0.6 is 0 Å². The van der Waals surface area contributed by atoms with Crippen molar-refractivity contribution in [3.63, 3.8) is 0 Å². The molecule has 1 aromatic carbocycles. The van der Waals surface area contributed by atoms with Crippen LogP contribution in [0.1, 0.15) is 39.4 Å². The maximum atomic E-state index is 13.8. The minimum absolute atomic E-state index is 0.00462. The predicted molar refractivity (Wildman–Crippen MR) is 76.4 cm³/mol. The van der Waals surface area contributed by atoms with Gasteiger partial charge in [-0.15, -0.1) is 0 Å². The number of nitrogens with one attached hydrogen (secondary N) is 1. The number of halogens is 1. The number of nitrogens with zero attached hydrogens (tertiary/aromatic N) is 2. The van der Waals surface area contributed by atoms with Gasteiger partial charge in [0.15, 0.2) is 5.69 Å². The second-order valence-electron chi connectivity index (χ2n) is 5.29. The van der Waals surface area contributed by atoms with Gasteiger partial charge in [-0.3, -0.25) is 14.7 Å². The predicted octanol–water partition coefficient (Wildman–Crippen LogP) is 1.45. The molecule has 0 saturated heterocycles. The number of aromatic nitrogens is 2. The molecule has 114 valence electrons. The molecule has 1 aliphatic carbocycles. The van der Waals surface area contributed by atoms with E-state index in [1.54, 1.807) is 23.1 Å². The zero-order valence-corrected chi connectivity index (χ0v) is 11.8. The summed E-state index contributed by atoms with van der Waals surface area (Å²) in [6.45, 7) is 0.182. The highest BCUT2D eigenvalue weighted by Crippen LogP contribution is 2.30. The summed E-state index contributed by atoms with van der Waals surface area (Å²) < 4.78 is 13.8. The third kappa shape index (κ3) is 2.83. The lowest BCUT2D eigenvalue weighted by molar-refractivity contribution is 0.0722. The zero-order chi connectivity index (χ0) is 15.7. The summed E-state index contributed by atoms with van der Waals surface area (Å²) in [5.74, 6) is -1.36. The molecule has 0 spiro atoms. The van der Waals surface area contributed by atoms with Gasteiger partial charge < -0.3 is 10.6 Å². The Morgan fingerprint density at radius 3 is 2.68 bits per heavy atom. The van der Waals surface area contributed by atoms with Gasteiger partial charge in [-0.25, -0.2) is 4.39 Å². The summed E-state index contributed by atoms with van der Waals surface area (Å²) >= 11 is 0. The number of nitrogens with two attached hydrogens (primary N) is 1. The molecule has 0 unspecified atom stereocenters. The molecule has 1 aliphatic rings. The summed E-state index contributed by atoms with van der Waals surface area (Å²) in [6, 6.07) is 7.77. The van der Waals surface area contributed by atoms with Crippen LogP contribution in [0.4, 0.5) is 4.39 Å². The molecule has 7 heteroatoms. The average Bonchev–Trinajstić information content (AvgIpc) is 3.21. The van der Waals surface area contributed by atoms with E-state index in [9.17, 15) is 14.0 Å². The first kappa shape index (κ1) is 14.2.